The molecular weight excluding hydrogens is 226 g/mol. The standard InChI is InChI=1S/C8H15N3O2.C2H4O2/c9-7(10)5-6-1-3-11(4-2-6)8(12)13;1-2(3)4/h6H,1-5H2,(H3,9,10)(H,12,13);1H3,(H,3,4). The van der Waals surface area contributed by atoms with Crippen molar-refractivity contribution in [2.75, 3.05) is 13.1 Å². The molecule has 1 aliphatic heterocycles. The number of carboxylic acids is 1. The van der Waals surface area contributed by atoms with E-state index in [1.54, 1.807) is 0 Å². The molecule has 0 aliphatic carbocycles. The van der Waals surface area contributed by atoms with Crippen LogP contribution in [0.2, 0.25) is 0 Å². The van der Waals surface area contributed by atoms with Gasteiger partial charge in [-0.15, -0.1) is 0 Å². The van der Waals surface area contributed by atoms with E-state index in [0.717, 1.165) is 19.8 Å². The highest BCUT2D eigenvalue weighted by atomic mass is 16.4. The van der Waals surface area contributed by atoms with Gasteiger partial charge in [0.05, 0.1) is 5.84 Å². The highest BCUT2D eigenvalue weighted by Gasteiger charge is 2.22. The van der Waals surface area contributed by atoms with Gasteiger partial charge in [0, 0.05) is 26.4 Å². The van der Waals surface area contributed by atoms with Crippen molar-refractivity contribution in [3.8, 4) is 0 Å². The molecule has 0 atom stereocenters. The van der Waals surface area contributed by atoms with Crippen LogP contribution < -0.4 is 5.73 Å². The van der Waals surface area contributed by atoms with E-state index in [2.05, 4.69) is 0 Å². The predicted molar refractivity (Wildman–Crippen MR) is 62.2 cm³/mol. The molecule has 0 unspecified atom stereocenters. The van der Waals surface area contributed by atoms with Crippen molar-refractivity contribution in [3.05, 3.63) is 0 Å². The fourth-order valence-corrected chi connectivity index (χ4v) is 1.64. The van der Waals surface area contributed by atoms with E-state index >= 15 is 0 Å². The van der Waals surface area contributed by atoms with Gasteiger partial charge in [0.2, 0.25) is 0 Å². The molecule has 1 fully saturated rings. The second-order valence-electron chi connectivity index (χ2n) is 3.96. The van der Waals surface area contributed by atoms with Gasteiger partial charge in [-0.2, -0.15) is 0 Å². The highest BCUT2D eigenvalue weighted by molar-refractivity contribution is 5.77. The number of piperidine rings is 1. The Morgan fingerprint density at radius 2 is 1.76 bits per heavy atom. The van der Waals surface area contributed by atoms with Crippen molar-refractivity contribution in [2.24, 2.45) is 11.7 Å². The summed E-state index contributed by atoms with van der Waals surface area (Å²) in [5.74, 6) is -0.234. The molecule has 1 heterocycles. The zero-order chi connectivity index (χ0) is 13.4. The quantitative estimate of drug-likeness (QED) is 0.422. The first-order valence-electron chi connectivity index (χ1n) is 5.33. The van der Waals surface area contributed by atoms with Crippen LogP contribution in [0.25, 0.3) is 0 Å². The average molecular weight is 245 g/mol. The Labute approximate surface area is 99.7 Å². The maximum absolute atomic E-state index is 10.5. The van der Waals surface area contributed by atoms with Gasteiger partial charge in [-0.3, -0.25) is 10.2 Å². The number of carboxylic acid groups (broad SMARTS) is 2. The molecule has 0 bridgehead atoms. The summed E-state index contributed by atoms with van der Waals surface area (Å²) in [6.45, 7) is 2.24. The van der Waals surface area contributed by atoms with Crippen LogP contribution in [0.1, 0.15) is 26.2 Å². The van der Waals surface area contributed by atoms with E-state index in [1.807, 2.05) is 0 Å². The number of nitrogens with two attached hydrogens (primary N) is 1. The van der Waals surface area contributed by atoms with E-state index in [1.165, 1.54) is 4.90 Å². The minimum Gasteiger partial charge on any atom is -0.481 e. The van der Waals surface area contributed by atoms with Gasteiger partial charge in [0.1, 0.15) is 0 Å². The Morgan fingerprint density at radius 3 is 2.06 bits per heavy atom. The lowest BCUT2D eigenvalue weighted by Crippen LogP contribution is -2.38. The Bertz CT molecular complexity index is 281. The monoisotopic (exact) mass is 245 g/mol. The van der Waals surface area contributed by atoms with Gasteiger partial charge in [0.25, 0.3) is 5.97 Å². The van der Waals surface area contributed by atoms with Gasteiger partial charge in [-0.25, -0.2) is 4.79 Å². The van der Waals surface area contributed by atoms with Crippen molar-refractivity contribution in [3.63, 3.8) is 0 Å². The maximum Gasteiger partial charge on any atom is 0.407 e. The van der Waals surface area contributed by atoms with Crippen LogP contribution in [0, 0.1) is 11.3 Å². The first-order valence-corrected chi connectivity index (χ1v) is 5.33. The third-order valence-electron chi connectivity index (χ3n) is 2.39. The molecule has 0 spiro atoms. The van der Waals surface area contributed by atoms with Gasteiger partial charge < -0.3 is 20.8 Å². The highest BCUT2D eigenvalue weighted by Crippen LogP contribution is 2.19. The van der Waals surface area contributed by atoms with Crippen molar-refractivity contribution >= 4 is 17.9 Å². The summed E-state index contributed by atoms with van der Waals surface area (Å²) in [6.07, 6.45) is 1.41. The lowest BCUT2D eigenvalue weighted by molar-refractivity contribution is -0.134. The fraction of sp³-hybridized carbons (Fsp3) is 0.700. The fourth-order valence-electron chi connectivity index (χ4n) is 1.64. The third-order valence-corrected chi connectivity index (χ3v) is 2.39. The molecule has 1 saturated heterocycles. The number of aliphatic carboxylic acids is 1. The van der Waals surface area contributed by atoms with Crippen LogP contribution in [-0.4, -0.2) is 46.1 Å². The summed E-state index contributed by atoms with van der Waals surface area (Å²) >= 11 is 0. The van der Waals surface area contributed by atoms with E-state index in [9.17, 15) is 4.79 Å². The molecule has 0 aromatic heterocycles. The van der Waals surface area contributed by atoms with Crippen molar-refractivity contribution < 1.29 is 19.8 Å². The first kappa shape index (κ1) is 15.2. The van der Waals surface area contributed by atoms with Gasteiger partial charge in [0.15, 0.2) is 0 Å². The second-order valence-corrected chi connectivity index (χ2v) is 3.96. The van der Waals surface area contributed by atoms with Crippen molar-refractivity contribution in [1.29, 1.82) is 5.41 Å². The summed E-state index contributed by atoms with van der Waals surface area (Å²) in [4.78, 5) is 21.0. The molecule has 0 aromatic carbocycles. The molecule has 5 N–H and O–H groups in total. The van der Waals surface area contributed by atoms with Crippen LogP contribution >= 0.6 is 0 Å². The van der Waals surface area contributed by atoms with E-state index < -0.39 is 12.1 Å². The lowest BCUT2D eigenvalue weighted by atomic mass is 9.93. The number of likely N-dealkylation sites (tertiary alicyclic amines) is 1. The summed E-state index contributed by atoms with van der Waals surface area (Å²) in [6, 6.07) is 0. The number of hydrogen-bond acceptors (Lipinski definition) is 3. The lowest BCUT2D eigenvalue weighted by Gasteiger charge is -2.29. The molecular formula is C10H19N3O4. The third kappa shape index (κ3) is 8.06. The Morgan fingerprint density at radius 1 is 1.35 bits per heavy atom. The summed E-state index contributed by atoms with van der Waals surface area (Å²) < 4.78 is 0. The zero-order valence-corrected chi connectivity index (χ0v) is 9.85. The van der Waals surface area contributed by atoms with E-state index in [-0.39, 0.29) is 5.84 Å². The second kappa shape index (κ2) is 7.48. The minimum absolute atomic E-state index is 0.203. The number of amides is 1. The maximum atomic E-state index is 10.5. The largest absolute Gasteiger partial charge is 0.481 e. The van der Waals surface area contributed by atoms with E-state index in [4.69, 9.17) is 26.2 Å². The normalized spacial score (nSPS) is 15.7. The summed E-state index contributed by atoms with van der Waals surface area (Å²) in [7, 11) is 0. The van der Waals surface area contributed by atoms with Gasteiger partial charge in [-0.05, 0) is 18.8 Å². The molecule has 1 rings (SSSR count). The molecule has 17 heavy (non-hydrogen) atoms. The molecule has 0 aromatic rings. The Balaban J connectivity index is 0.000000557. The molecule has 0 saturated carbocycles. The van der Waals surface area contributed by atoms with Gasteiger partial charge >= 0.3 is 6.09 Å². The van der Waals surface area contributed by atoms with Crippen LogP contribution in [0.3, 0.4) is 0 Å². The SMILES string of the molecule is CC(=O)O.N=C(N)CC1CCN(C(=O)O)CC1. The van der Waals surface area contributed by atoms with Crippen LogP contribution in [0.5, 0.6) is 0 Å². The van der Waals surface area contributed by atoms with Crippen LogP contribution in [0.15, 0.2) is 0 Å². The topological polar surface area (TPSA) is 128 Å². The zero-order valence-electron chi connectivity index (χ0n) is 9.85. The summed E-state index contributed by atoms with van der Waals surface area (Å²) in [5, 5.41) is 23.2. The number of carbonyl (C=O) groups is 2. The molecule has 7 nitrogen and oxygen atoms in total. The summed E-state index contributed by atoms with van der Waals surface area (Å²) in [5.41, 5.74) is 5.27. The van der Waals surface area contributed by atoms with Crippen LogP contribution in [-0.2, 0) is 4.79 Å². The molecule has 1 aliphatic rings. The van der Waals surface area contributed by atoms with Gasteiger partial charge in [-0.1, -0.05) is 0 Å². The molecule has 98 valence electrons. The predicted octanol–water partition coefficient (Wildman–Crippen LogP) is 0.793. The molecule has 1 amide bonds. The Kier molecular flexibility index (Phi) is 6.69. The Hall–Kier alpha value is -1.79. The molecule has 7 heteroatoms. The van der Waals surface area contributed by atoms with Crippen LogP contribution in [0.4, 0.5) is 4.79 Å². The number of amidine groups is 1. The minimum atomic E-state index is -0.846. The van der Waals surface area contributed by atoms with Crippen molar-refractivity contribution in [2.45, 2.75) is 26.2 Å². The average Bonchev–Trinajstić information content (AvgIpc) is 2.16. The number of nitrogens with one attached hydrogen (secondary N) is 1. The number of hydrogen-bond donors (Lipinski definition) is 4. The van der Waals surface area contributed by atoms with Crippen molar-refractivity contribution in [1.82, 2.24) is 4.90 Å². The first-order chi connectivity index (χ1) is 7.82. The number of nitrogens with zero attached hydrogens (tertiary/aromatic N) is 1. The molecule has 0 radical (unpaired) electrons. The van der Waals surface area contributed by atoms with E-state index in [0.29, 0.717) is 25.4 Å². The number of rotatable bonds is 2. The smallest absolute Gasteiger partial charge is 0.407 e.